The molecule has 0 atom stereocenters. The molecule has 4 heterocycles. The minimum absolute atomic E-state index is 0.0239. The molecule has 0 saturated carbocycles. The third kappa shape index (κ3) is 3.69. The Labute approximate surface area is 202 Å². The number of ether oxygens (including phenoxy) is 3. The molecule has 5 aromatic rings. The van der Waals surface area contributed by atoms with Gasteiger partial charge in [-0.05, 0) is 55.0 Å². The summed E-state index contributed by atoms with van der Waals surface area (Å²) in [6.45, 7) is 0.410. The number of nitrogens with zero attached hydrogens (tertiary/aromatic N) is 5. The molecule has 0 N–H and O–H groups in total. The van der Waals surface area contributed by atoms with Crippen LogP contribution in [-0.2, 0) is 6.54 Å². The highest BCUT2D eigenvalue weighted by Gasteiger charge is 2.20. The number of alkyl halides is 2. The molecule has 0 spiro atoms. The lowest BCUT2D eigenvalue weighted by molar-refractivity contribution is -0.0498. The van der Waals surface area contributed by atoms with Crippen molar-refractivity contribution >= 4 is 22.1 Å². The van der Waals surface area contributed by atoms with Gasteiger partial charge >= 0.3 is 12.6 Å². The second kappa shape index (κ2) is 8.59. The Bertz CT molecular complexity index is 1660. The Morgan fingerprint density at radius 3 is 2.75 bits per heavy atom. The van der Waals surface area contributed by atoms with Crippen LogP contribution in [0, 0.1) is 0 Å². The van der Waals surface area contributed by atoms with E-state index >= 15 is 0 Å². The summed E-state index contributed by atoms with van der Waals surface area (Å²) in [7, 11) is 0. The van der Waals surface area contributed by atoms with E-state index in [1.807, 2.05) is 16.7 Å². The van der Waals surface area contributed by atoms with Gasteiger partial charge in [-0.1, -0.05) is 0 Å². The molecule has 0 aliphatic carbocycles. The molecule has 11 heteroatoms. The maximum Gasteiger partial charge on any atom is 0.387 e. The molecule has 0 saturated heterocycles. The number of fused-ring (bicyclic) bond motifs is 1. The van der Waals surface area contributed by atoms with Crippen LogP contribution in [0.25, 0.3) is 38.9 Å². The Hall–Kier alpha value is -4.54. The molecule has 1 aliphatic rings. The summed E-state index contributed by atoms with van der Waals surface area (Å²) in [6, 6.07) is 11.3. The fourth-order valence-corrected chi connectivity index (χ4v) is 4.36. The molecule has 0 amide bonds. The first-order valence-corrected chi connectivity index (χ1v) is 11.2. The predicted octanol–water partition coefficient (Wildman–Crippen LogP) is 4.19. The monoisotopic (exact) mass is 491 g/mol. The average Bonchev–Trinajstić information content (AvgIpc) is 3.29. The van der Waals surface area contributed by atoms with Crippen molar-refractivity contribution in [3.63, 3.8) is 0 Å². The summed E-state index contributed by atoms with van der Waals surface area (Å²) in [5.41, 5.74) is 2.95. The molecule has 36 heavy (non-hydrogen) atoms. The fourth-order valence-electron chi connectivity index (χ4n) is 4.36. The van der Waals surface area contributed by atoms with E-state index in [1.54, 1.807) is 25.5 Å². The zero-order valence-electron chi connectivity index (χ0n) is 19.0. The lowest BCUT2D eigenvalue weighted by Gasteiger charge is -2.18. The van der Waals surface area contributed by atoms with Crippen molar-refractivity contribution in [3.8, 4) is 34.3 Å². The number of hydrogen-bond acceptors (Lipinski definition) is 7. The zero-order chi connectivity index (χ0) is 24.8. The summed E-state index contributed by atoms with van der Waals surface area (Å²) >= 11 is 0. The first-order valence-electron chi connectivity index (χ1n) is 11.2. The van der Waals surface area contributed by atoms with E-state index in [0.29, 0.717) is 58.9 Å². The SMILES string of the molecule is CCOc1ncc2cc(-c3cc4c5c(c3)ncn5CCO4)c(=O)n(-c3ccc(OC(F)F)cc3)c2n1. The van der Waals surface area contributed by atoms with Crippen molar-refractivity contribution in [1.29, 1.82) is 0 Å². The van der Waals surface area contributed by atoms with E-state index in [4.69, 9.17) is 9.47 Å². The summed E-state index contributed by atoms with van der Waals surface area (Å²) in [4.78, 5) is 27.1. The summed E-state index contributed by atoms with van der Waals surface area (Å²) in [6.07, 6.45) is 3.33. The number of benzene rings is 2. The van der Waals surface area contributed by atoms with Crippen LogP contribution in [0.2, 0.25) is 0 Å². The van der Waals surface area contributed by atoms with Crippen molar-refractivity contribution in [3.05, 3.63) is 65.3 Å². The molecule has 9 nitrogen and oxygen atoms in total. The van der Waals surface area contributed by atoms with Crippen molar-refractivity contribution in [2.45, 2.75) is 20.1 Å². The molecule has 0 radical (unpaired) electrons. The van der Waals surface area contributed by atoms with Gasteiger partial charge in [-0.15, -0.1) is 0 Å². The van der Waals surface area contributed by atoms with E-state index in [2.05, 4.69) is 19.7 Å². The summed E-state index contributed by atoms with van der Waals surface area (Å²) in [5.74, 6) is 0.623. The van der Waals surface area contributed by atoms with E-state index in [9.17, 15) is 13.6 Å². The second-order valence-corrected chi connectivity index (χ2v) is 8.06. The number of aromatic nitrogens is 5. The van der Waals surface area contributed by atoms with Gasteiger partial charge in [0.2, 0.25) is 0 Å². The molecule has 0 fully saturated rings. The van der Waals surface area contributed by atoms with Gasteiger partial charge in [-0.25, -0.2) is 9.97 Å². The van der Waals surface area contributed by atoms with Gasteiger partial charge in [0.15, 0.2) is 5.65 Å². The molecule has 6 rings (SSSR count). The standard InChI is InChI=1S/C25H19F2N5O4/c1-2-34-25-28-12-15-9-18(14-10-19-21-20(11-14)35-8-7-31(21)13-29-19)23(33)32(22(15)30-25)16-3-5-17(6-4-16)36-24(26)27/h3-6,9-13,24H,2,7-8H2,1H3. The van der Waals surface area contributed by atoms with Gasteiger partial charge in [0.05, 0.1) is 30.7 Å². The minimum Gasteiger partial charge on any atom is -0.489 e. The van der Waals surface area contributed by atoms with Gasteiger partial charge in [0.1, 0.15) is 23.6 Å². The van der Waals surface area contributed by atoms with Crippen molar-refractivity contribution in [2.75, 3.05) is 13.2 Å². The highest BCUT2D eigenvalue weighted by atomic mass is 19.3. The Morgan fingerprint density at radius 1 is 1.14 bits per heavy atom. The first-order chi connectivity index (χ1) is 17.5. The topological polar surface area (TPSA) is 93.3 Å². The van der Waals surface area contributed by atoms with Crippen LogP contribution in [0.3, 0.4) is 0 Å². The third-order valence-electron chi connectivity index (χ3n) is 5.89. The maximum absolute atomic E-state index is 13.9. The van der Waals surface area contributed by atoms with Crippen LogP contribution in [0.4, 0.5) is 8.78 Å². The van der Waals surface area contributed by atoms with E-state index in [-0.39, 0.29) is 17.3 Å². The predicted molar refractivity (Wildman–Crippen MR) is 127 cm³/mol. The van der Waals surface area contributed by atoms with Gasteiger partial charge < -0.3 is 18.8 Å². The number of rotatable bonds is 6. The summed E-state index contributed by atoms with van der Waals surface area (Å²) < 4.78 is 44.4. The highest BCUT2D eigenvalue weighted by molar-refractivity contribution is 5.90. The van der Waals surface area contributed by atoms with E-state index < -0.39 is 6.61 Å². The second-order valence-electron chi connectivity index (χ2n) is 8.06. The highest BCUT2D eigenvalue weighted by Crippen LogP contribution is 2.34. The normalized spacial score (nSPS) is 12.8. The lowest BCUT2D eigenvalue weighted by atomic mass is 10.0. The van der Waals surface area contributed by atoms with Crippen LogP contribution in [0.15, 0.2) is 59.8 Å². The van der Waals surface area contributed by atoms with Gasteiger partial charge in [0.25, 0.3) is 5.56 Å². The Kier molecular flexibility index (Phi) is 5.24. The van der Waals surface area contributed by atoms with Gasteiger partial charge in [-0.3, -0.25) is 9.36 Å². The molecule has 1 aliphatic heterocycles. The molecule has 0 unspecified atom stereocenters. The van der Waals surface area contributed by atoms with E-state index in [0.717, 1.165) is 5.52 Å². The summed E-state index contributed by atoms with van der Waals surface area (Å²) in [5, 5.41) is 0.584. The zero-order valence-corrected chi connectivity index (χ0v) is 19.0. The number of pyridine rings is 1. The van der Waals surface area contributed by atoms with Crippen LogP contribution in [0.1, 0.15) is 6.92 Å². The maximum atomic E-state index is 13.9. The fraction of sp³-hybridized carbons (Fsp3) is 0.200. The molecule has 182 valence electrons. The molecule has 3 aromatic heterocycles. The minimum atomic E-state index is -2.95. The third-order valence-corrected chi connectivity index (χ3v) is 5.89. The van der Waals surface area contributed by atoms with Crippen molar-refractivity contribution in [2.24, 2.45) is 0 Å². The van der Waals surface area contributed by atoms with Gasteiger partial charge in [0, 0.05) is 17.1 Å². The quantitative estimate of drug-likeness (QED) is 0.352. The Morgan fingerprint density at radius 2 is 1.97 bits per heavy atom. The van der Waals surface area contributed by atoms with Gasteiger partial charge in [-0.2, -0.15) is 13.8 Å². The molecular weight excluding hydrogens is 472 g/mol. The van der Waals surface area contributed by atoms with E-state index in [1.165, 1.54) is 28.8 Å². The molecule has 0 bridgehead atoms. The van der Waals surface area contributed by atoms with Crippen molar-refractivity contribution in [1.82, 2.24) is 24.1 Å². The van der Waals surface area contributed by atoms with Crippen LogP contribution in [0.5, 0.6) is 17.5 Å². The Balaban J connectivity index is 1.58. The first kappa shape index (κ1) is 22.0. The van der Waals surface area contributed by atoms with Crippen LogP contribution < -0.4 is 19.8 Å². The smallest absolute Gasteiger partial charge is 0.387 e. The number of halogens is 2. The average molecular weight is 491 g/mol. The number of imidazole rings is 1. The number of hydrogen-bond donors (Lipinski definition) is 0. The van der Waals surface area contributed by atoms with Crippen LogP contribution >= 0.6 is 0 Å². The largest absolute Gasteiger partial charge is 0.489 e. The van der Waals surface area contributed by atoms with Crippen molar-refractivity contribution < 1.29 is 23.0 Å². The molecule has 2 aromatic carbocycles. The van der Waals surface area contributed by atoms with Crippen LogP contribution in [-0.4, -0.2) is 43.9 Å². The molecular formula is C25H19F2N5O4. The lowest BCUT2D eigenvalue weighted by Crippen LogP contribution is -2.22.